The van der Waals surface area contributed by atoms with E-state index in [4.69, 9.17) is 0 Å². The van der Waals surface area contributed by atoms with Crippen molar-refractivity contribution in [3.8, 4) is 11.3 Å². The summed E-state index contributed by atoms with van der Waals surface area (Å²) in [7, 11) is 1.48. The van der Waals surface area contributed by atoms with Crippen LogP contribution in [0.15, 0.2) is 17.6 Å². The largest absolute Gasteiger partial charge is 0.480 e. The van der Waals surface area contributed by atoms with Crippen molar-refractivity contribution in [3.05, 3.63) is 28.3 Å². The monoisotopic (exact) mass is 307 g/mol. The van der Waals surface area contributed by atoms with Gasteiger partial charge in [0.05, 0.1) is 10.7 Å². The molecule has 2 aromatic heterocycles. The van der Waals surface area contributed by atoms with Crippen molar-refractivity contribution in [1.29, 1.82) is 0 Å². The molecule has 0 saturated carbocycles. The van der Waals surface area contributed by atoms with Gasteiger partial charge in [0.25, 0.3) is 5.91 Å². The topological polar surface area (TPSA) is 86.3 Å². The van der Waals surface area contributed by atoms with Crippen LogP contribution in [0.3, 0.4) is 0 Å². The van der Waals surface area contributed by atoms with E-state index in [-0.39, 0.29) is 5.91 Å². The van der Waals surface area contributed by atoms with Gasteiger partial charge in [-0.3, -0.25) is 4.79 Å². The van der Waals surface area contributed by atoms with E-state index < -0.39 is 11.5 Å². The molecule has 0 aliphatic heterocycles. The zero-order chi connectivity index (χ0) is 15.8. The molecule has 2 heterocycles. The summed E-state index contributed by atoms with van der Waals surface area (Å²) in [4.78, 5) is 32.0. The highest BCUT2D eigenvalue weighted by Gasteiger charge is 2.36. The number of thiazole rings is 1. The van der Waals surface area contributed by atoms with E-state index in [1.54, 1.807) is 12.3 Å². The van der Waals surface area contributed by atoms with E-state index in [2.05, 4.69) is 9.97 Å². The Morgan fingerprint density at radius 1 is 1.43 bits per heavy atom. The number of nitrogens with one attached hydrogen (secondary N) is 1. The van der Waals surface area contributed by atoms with Crippen molar-refractivity contribution in [2.75, 3.05) is 7.05 Å². The number of amides is 1. The summed E-state index contributed by atoms with van der Waals surface area (Å²) in [6.45, 7) is 4.89. The van der Waals surface area contributed by atoms with Crippen molar-refractivity contribution in [2.45, 2.75) is 26.3 Å². The van der Waals surface area contributed by atoms with Crippen LogP contribution in [0.1, 0.15) is 29.3 Å². The summed E-state index contributed by atoms with van der Waals surface area (Å²) in [5.74, 6) is -1.43. The van der Waals surface area contributed by atoms with Gasteiger partial charge in [0.15, 0.2) is 0 Å². The number of hydrogen-bond donors (Lipinski definition) is 2. The van der Waals surface area contributed by atoms with Crippen molar-refractivity contribution < 1.29 is 14.7 Å². The third-order valence-corrected chi connectivity index (χ3v) is 4.27. The third-order valence-electron chi connectivity index (χ3n) is 3.49. The Morgan fingerprint density at radius 3 is 2.62 bits per heavy atom. The molecule has 0 fully saturated rings. The van der Waals surface area contributed by atoms with Gasteiger partial charge in [0.1, 0.15) is 11.2 Å². The first-order valence-corrected chi connectivity index (χ1v) is 7.24. The molecule has 112 valence electrons. The number of carbonyl (C=O) groups is 2. The number of aliphatic carboxylic acids is 1. The smallest absolute Gasteiger partial charge is 0.329 e. The number of rotatable bonds is 4. The predicted octanol–water partition coefficient (Wildman–Crippen LogP) is 2.38. The Bertz CT molecular complexity index is 687. The third kappa shape index (κ3) is 2.82. The number of aryl methyl sites for hydroxylation is 1. The minimum Gasteiger partial charge on any atom is -0.480 e. The van der Waals surface area contributed by atoms with E-state index in [9.17, 15) is 14.7 Å². The molecule has 0 aromatic carbocycles. The molecule has 0 bridgehead atoms. The highest BCUT2D eigenvalue weighted by molar-refractivity contribution is 7.09. The molecule has 2 rings (SSSR count). The first-order valence-electron chi connectivity index (χ1n) is 6.36. The van der Waals surface area contributed by atoms with Crippen molar-refractivity contribution in [3.63, 3.8) is 0 Å². The van der Waals surface area contributed by atoms with Crippen LogP contribution >= 0.6 is 11.3 Å². The Balaban J connectivity index is 2.25. The molecule has 1 amide bonds. The second-order valence-electron chi connectivity index (χ2n) is 5.28. The maximum Gasteiger partial charge on any atom is 0.329 e. The molecule has 0 spiro atoms. The highest BCUT2D eigenvalue weighted by atomic mass is 32.1. The van der Waals surface area contributed by atoms with Gasteiger partial charge in [-0.15, -0.1) is 11.3 Å². The van der Waals surface area contributed by atoms with Crippen molar-refractivity contribution in [2.24, 2.45) is 0 Å². The van der Waals surface area contributed by atoms with Crippen LogP contribution in [0, 0.1) is 6.92 Å². The van der Waals surface area contributed by atoms with Gasteiger partial charge >= 0.3 is 5.97 Å². The zero-order valence-corrected chi connectivity index (χ0v) is 13.1. The summed E-state index contributed by atoms with van der Waals surface area (Å²) < 4.78 is 0. The summed E-state index contributed by atoms with van der Waals surface area (Å²) in [5, 5.41) is 12.0. The average Bonchev–Trinajstić information content (AvgIpc) is 3.05. The van der Waals surface area contributed by atoms with Crippen molar-refractivity contribution >= 4 is 23.2 Å². The average molecular weight is 307 g/mol. The van der Waals surface area contributed by atoms with E-state index in [1.807, 2.05) is 12.3 Å². The van der Waals surface area contributed by atoms with E-state index in [0.717, 1.165) is 16.3 Å². The molecule has 0 unspecified atom stereocenters. The Labute approximate surface area is 126 Å². The Kier molecular flexibility index (Phi) is 3.87. The second-order valence-corrected chi connectivity index (χ2v) is 6.34. The minimum atomic E-state index is -1.28. The fourth-order valence-corrected chi connectivity index (χ4v) is 2.36. The van der Waals surface area contributed by atoms with Gasteiger partial charge in [0, 0.05) is 24.2 Å². The van der Waals surface area contributed by atoms with Crippen LogP contribution < -0.4 is 0 Å². The molecule has 0 atom stereocenters. The standard InChI is InChI=1S/C14H17N3O3S/c1-8-16-11(7-21-8)9-5-10(15-6-9)12(18)17(4)14(2,3)13(19)20/h5-7,15H,1-4H3,(H,19,20). The molecule has 6 nitrogen and oxygen atoms in total. The number of nitrogens with zero attached hydrogens (tertiary/aromatic N) is 2. The zero-order valence-electron chi connectivity index (χ0n) is 12.3. The second kappa shape index (κ2) is 5.33. The summed E-state index contributed by atoms with van der Waals surface area (Å²) in [5.41, 5.74) is 0.671. The number of carboxylic acids is 1. The molecule has 0 aliphatic carbocycles. The van der Waals surface area contributed by atoms with E-state index >= 15 is 0 Å². The van der Waals surface area contributed by atoms with Gasteiger partial charge in [-0.2, -0.15) is 0 Å². The summed E-state index contributed by atoms with van der Waals surface area (Å²) in [6, 6.07) is 1.69. The fourth-order valence-electron chi connectivity index (χ4n) is 1.74. The van der Waals surface area contributed by atoms with E-state index in [0.29, 0.717) is 5.69 Å². The lowest BCUT2D eigenvalue weighted by molar-refractivity contribution is -0.147. The molecular formula is C14H17N3O3S. The maximum absolute atomic E-state index is 12.4. The molecular weight excluding hydrogens is 290 g/mol. The summed E-state index contributed by atoms with van der Waals surface area (Å²) >= 11 is 1.53. The number of hydrogen-bond acceptors (Lipinski definition) is 4. The molecule has 2 N–H and O–H groups in total. The number of carbonyl (C=O) groups excluding carboxylic acids is 1. The lowest BCUT2D eigenvalue weighted by Gasteiger charge is -2.31. The van der Waals surface area contributed by atoms with Gasteiger partial charge < -0.3 is 15.0 Å². The molecule has 2 aromatic rings. The fraction of sp³-hybridized carbons (Fsp3) is 0.357. The number of likely N-dealkylation sites (N-methyl/N-ethyl adjacent to an activating group) is 1. The quantitative estimate of drug-likeness (QED) is 0.908. The first-order chi connectivity index (χ1) is 9.73. The van der Waals surface area contributed by atoms with Gasteiger partial charge in [-0.25, -0.2) is 9.78 Å². The predicted molar refractivity (Wildman–Crippen MR) is 80.4 cm³/mol. The molecule has 7 heteroatoms. The minimum absolute atomic E-state index is 0.340. The molecule has 0 radical (unpaired) electrons. The number of aromatic amines is 1. The van der Waals surface area contributed by atoms with Gasteiger partial charge in [-0.1, -0.05) is 0 Å². The van der Waals surface area contributed by atoms with Crippen LogP contribution in [0.2, 0.25) is 0 Å². The van der Waals surface area contributed by atoms with E-state index in [1.165, 1.54) is 37.1 Å². The molecule has 0 aliphatic rings. The molecule has 0 saturated heterocycles. The van der Waals surface area contributed by atoms with Gasteiger partial charge in [-0.05, 0) is 26.8 Å². The lowest BCUT2D eigenvalue weighted by atomic mass is 10.0. The SMILES string of the molecule is Cc1nc(-c2c[nH]c(C(=O)N(C)C(C)(C)C(=O)O)c2)cs1. The van der Waals surface area contributed by atoms with Crippen LogP contribution in [0.25, 0.3) is 11.3 Å². The van der Waals surface area contributed by atoms with Crippen LogP contribution in [-0.4, -0.2) is 44.4 Å². The lowest BCUT2D eigenvalue weighted by Crippen LogP contribution is -2.50. The van der Waals surface area contributed by atoms with Crippen LogP contribution in [0.4, 0.5) is 0 Å². The first kappa shape index (κ1) is 15.2. The number of H-pyrrole nitrogens is 1. The highest BCUT2D eigenvalue weighted by Crippen LogP contribution is 2.23. The maximum atomic E-state index is 12.4. The summed E-state index contributed by atoms with van der Waals surface area (Å²) in [6.07, 6.45) is 1.70. The van der Waals surface area contributed by atoms with Crippen LogP contribution in [-0.2, 0) is 4.79 Å². The Hall–Kier alpha value is -2.15. The Morgan fingerprint density at radius 2 is 2.10 bits per heavy atom. The number of carboxylic acid groups (broad SMARTS) is 1. The molecule has 21 heavy (non-hydrogen) atoms. The normalized spacial score (nSPS) is 11.4. The van der Waals surface area contributed by atoms with Crippen LogP contribution in [0.5, 0.6) is 0 Å². The number of aromatic nitrogens is 2. The van der Waals surface area contributed by atoms with Gasteiger partial charge in [0.2, 0.25) is 0 Å². The van der Waals surface area contributed by atoms with Crippen molar-refractivity contribution in [1.82, 2.24) is 14.9 Å².